The molecule has 1 fully saturated rings. The van der Waals surface area contributed by atoms with Gasteiger partial charge in [-0.2, -0.15) is 4.31 Å². The Morgan fingerprint density at radius 1 is 0.935 bits per heavy atom. The third kappa shape index (κ3) is 5.63. The number of rotatable bonds is 7. The van der Waals surface area contributed by atoms with Crippen LogP contribution in [0.1, 0.15) is 42.1 Å². The lowest BCUT2D eigenvalue weighted by molar-refractivity contribution is 0.102. The molecule has 0 spiro atoms. The maximum Gasteiger partial charge on any atom is 0.255 e. The van der Waals surface area contributed by atoms with Crippen molar-refractivity contribution in [1.82, 2.24) is 4.31 Å². The van der Waals surface area contributed by atoms with E-state index in [1.165, 1.54) is 17.3 Å². The Hall–Kier alpha value is -2.43. The van der Waals surface area contributed by atoms with Gasteiger partial charge in [-0.3, -0.25) is 9.52 Å². The maximum atomic E-state index is 13.1. The highest BCUT2D eigenvalue weighted by molar-refractivity contribution is 7.92. The minimum atomic E-state index is -3.66. The molecule has 31 heavy (non-hydrogen) atoms. The summed E-state index contributed by atoms with van der Waals surface area (Å²) < 4.78 is 53.3. The molecule has 1 aliphatic rings. The van der Waals surface area contributed by atoms with Gasteiger partial charge in [-0.1, -0.05) is 12.5 Å². The van der Waals surface area contributed by atoms with Crippen molar-refractivity contribution in [1.29, 1.82) is 0 Å². The molecule has 1 heterocycles. The normalized spacial score (nSPS) is 15.4. The second-order valence-corrected chi connectivity index (χ2v) is 11.4. The number of piperidine rings is 1. The number of hydrogen-bond acceptors (Lipinski definition) is 5. The van der Waals surface area contributed by atoms with Crippen LogP contribution in [0.15, 0.2) is 47.4 Å². The van der Waals surface area contributed by atoms with Crippen molar-refractivity contribution < 1.29 is 21.6 Å². The third-order valence-electron chi connectivity index (χ3n) is 5.18. The first kappa shape index (κ1) is 23.2. The number of hydrogen-bond donors (Lipinski definition) is 2. The molecule has 0 bridgehead atoms. The minimum absolute atomic E-state index is 0.0401. The molecule has 2 N–H and O–H groups in total. The number of amides is 1. The molecule has 0 unspecified atom stereocenters. The lowest BCUT2D eigenvalue weighted by atomic mass is 10.1. The van der Waals surface area contributed by atoms with E-state index < -0.39 is 26.0 Å². The van der Waals surface area contributed by atoms with Crippen LogP contribution in [-0.4, -0.2) is 45.9 Å². The molecule has 0 atom stereocenters. The summed E-state index contributed by atoms with van der Waals surface area (Å²) in [5.41, 5.74) is 1.68. The van der Waals surface area contributed by atoms with Crippen molar-refractivity contribution in [3.05, 3.63) is 53.6 Å². The second-order valence-electron chi connectivity index (χ2n) is 7.48. The highest BCUT2D eigenvalue weighted by Crippen LogP contribution is 2.25. The van der Waals surface area contributed by atoms with Gasteiger partial charge in [-0.05, 0) is 68.7 Å². The average molecular weight is 466 g/mol. The van der Waals surface area contributed by atoms with Gasteiger partial charge in [0.05, 0.1) is 10.6 Å². The summed E-state index contributed by atoms with van der Waals surface area (Å²) in [6.45, 7) is 4.24. The average Bonchev–Trinajstić information content (AvgIpc) is 2.75. The number of nitrogens with zero attached hydrogens (tertiary/aromatic N) is 1. The van der Waals surface area contributed by atoms with E-state index in [9.17, 15) is 21.6 Å². The molecule has 1 saturated heterocycles. The van der Waals surface area contributed by atoms with Gasteiger partial charge in [0.25, 0.3) is 5.91 Å². The molecule has 0 aliphatic carbocycles. The number of anilines is 2. The summed E-state index contributed by atoms with van der Waals surface area (Å²) in [7, 11) is -7.04. The van der Waals surface area contributed by atoms with Crippen LogP contribution in [0.5, 0.6) is 0 Å². The first-order valence-corrected chi connectivity index (χ1v) is 13.2. The van der Waals surface area contributed by atoms with Crippen LogP contribution in [0.3, 0.4) is 0 Å². The maximum absolute atomic E-state index is 13.1. The predicted molar refractivity (Wildman–Crippen MR) is 121 cm³/mol. The van der Waals surface area contributed by atoms with Gasteiger partial charge in [0.15, 0.2) is 0 Å². The standard InChI is InChI=1S/C21H27N3O5S2/c1-3-30(26,27)23-19-11-9-18(10-12-19)22-21(25)17-8-7-16(2)20(15-17)31(28,29)24-13-5-4-6-14-24/h7-12,15,23H,3-6,13-14H2,1-2H3,(H,22,25). The highest BCUT2D eigenvalue weighted by Gasteiger charge is 2.28. The van der Waals surface area contributed by atoms with Crippen LogP contribution in [0.2, 0.25) is 0 Å². The van der Waals surface area contributed by atoms with E-state index >= 15 is 0 Å². The van der Waals surface area contributed by atoms with Gasteiger partial charge in [0.2, 0.25) is 20.0 Å². The van der Waals surface area contributed by atoms with Crippen LogP contribution in [0.4, 0.5) is 11.4 Å². The molecule has 0 saturated carbocycles. The van der Waals surface area contributed by atoms with E-state index in [0.717, 1.165) is 19.3 Å². The topological polar surface area (TPSA) is 113 Å². The molecule has 2 aromatic rings. The van der Waals surface area contributed by atoms with Crippen molar-refractivity contribution in [2.45, 2.75) is 38.0 Å². The third-order valence-corrected chi connectivity index (χ3v) is 8.53. The SMILES string of the molecule is CCS(=O)(=O)Nc1ccc(NC(=O)c2ccc(C)c(S(=O)(=O)N3CCCCC3)c2)cc1. The summed E-state index contributed by atoms with van der Waals surface area (Å²) in [4.78, 5) is 12.9. The fourth-order valence-electron chi connectivity index (χ4n) is 3.34. The van der Waals surface area contributed by atoms with Gasteiger partial charge in [0, 0.05) is 30.0 Å². The molecule has 1 aliphatic heterocycles. The van der Waals surface area contributed by atoms with E-state index in [1.807, 2.05) is 0 Å². The van der Waals surface area contributed by atoms with Crippen molar-refractivity contribution in [3.8, 4) is 0 Å². The quantitative estimate of drug-likeness (QED) is 0.652. The fraction of sp³-hybridized carbons (Fsp3) is 0.381. The first-order valence-electron chi connectivity index (χ1n) is 10.1. The molecule has 8 nitrogen and oxygen atoms in total. The lowest BCUT2D eigenvalue weighted by Crippen LogP contribution is -2.36. The summed E-state index contributed by atoms with van der Waals surface area (Å²) in [6, 6.07) is 10.9. The number of carbonyl (C=O) groups excluding carboxylic acids is 1. The van der Waals surface area contributed by atoms with Gasteiger partial charge in [-0.15, -0.1) is 0 Å². The monoisotopic (exact) mass is 465 g/mol. The zero-order chi connectivity index (χ0) is 22.6. The first-order chi connectivity index (χ1) is 14.6. The predicted octanol–water partition coefficient (Wildman–Crippen LogP) is 3.18. The number of benzene rings is 2. The van der Waals surface area contributed by atoms with Crippen LogP contribution in [0.25, 0.3) is 0 Å². The Balaban J connectivity index is 1.77. The molecule has 3 rings (SSSR count). The summed E-state index contributed by atoms with van der Waals surface area (Å²) >= 11 is 0. The molecule has 10 heteroatoms. The molecule has 0 aromatic heterocycles. The molecule has 1 amide bonds. The van der Waals surface area contributed by atoms with Crippen molar-refractivity contribution in [3.63, 3.8) is 0 Å². The summed E-state index contributed by atoms with van der Waals surface area (Å²) in [5, 5.41) is 2.72. The van der Waals surface area contributed by atoms with Gasteiger partial charge in [-0.25, -0.2) is 16.8 Å². The highest BCUT2D eigenvalue weighted by atomic mass is 32.2. The molecular weight excluding hydrogens is 438 g/mol. The Morgan fingerprint density at radius 3 is 2.16 bits per heavy atom. The Kier molecular flexibility index (Phi) is 7.03. The van der Waals surface area contributed by atoms with Crippen LogP contribution in [-0.2, 0) is 20.0 Å². The zero-order valence-electron chi connectivity index (χ0n) is 17.6. The molecule has 0 radical (unpaired) electrons. The summed E-state index contributed by atoms with van der Waals surface area (Å²) in [5.74, 6) is -0.487. The van der Waals surface area contributed by atoms with Crippen LogP contribution in [0, 0.1) is 6.92 Å². The smallest absolute Gasteiger partial charge is 0.255 e. The number of sulfonamides is 2. The van der Waals surface area contributed by atoms with Crippen LogP contribution < -0.4 is 10.0 Å². The van der Waals surface area contributed by atoms with Crippen molar-refractivity contribution in [2.75, 3.05) is 28.9 Å². The Bertz CT molecular complexity index is 1150. The second kappa shape index (κ2) is 9.37. The molecule has 2 aromatic carbocycles. The number of nitrogens with one attached hydrogen (secondary N) is 2. The van der Waals surface area contributed by atoms with E-state index in [4.69, 9.17) is 0 Å². The Labute approximate surface area is 183 Å². The van der Waals surface area contributed by atoms with E-state index in [-0.39, 0.29) is 16.2 Å². The van der Waals surface area contributed by atoms with Gasteiger partial charge < -0.3 is 5.32 Å². The van der Waals surface area contributed by atoms with E-state index in [0.29, 0.717) is 30.0 Å². The van der Waals surface area contributed by atoms with Gasteiger partial charge in [0.1, 0.15) is 0 Å². The van der Waals surface area contributed by atoms with Crippen molar-refractivity contribution in [2.24, 2.45) is 0 Å². The molecule has 168 valence electrons. The number of carbonyl (C=O) groups is 1. The fourth-order valence-corrected chi connectivity index (χ4v) is 5.75. The van der Waals surface area contributed by atoms with Crippen LogP contribution >= 0.6 is 0 Å². The largest absolute Gasteiger partial charge is 0.322 e. The lowest BCUT2D eigenvalue weighted by Gasteiger charge is -2.26. The van der Waals surface area contributed by atoms with Crippen molar-refractivity contribution >= 4 is 37.3 Å². The minimum Gasteiger partial charge on any atom is -0.322 e. The number of aryl methyl sites for hydroxylation is 1. The van der Waals surface area contributed by atoms with E-state index in [2.05, 4.69) is 10.0 Å². The molecular formula is C21H27N3O5S2. The van der Waals surface area contributed by atoms with Gasteiger partial charge >= 0.3 is 0 Å². The summed E-state index contributed by atoms with van der Waals surface area (Å²) in [6.07, 6.45) is 2.69. The van der Waals surface area contributed by atoms with E-state index in [1.54, 1.807) is 43.3 Å². The Morgan fingerprint density at radius 2 is 1.55 bits per heavy atom. The zero-order valence-corrected chi connectivity index (χ0v) is 19.2.